The number of hydrogen-bond acceptors (Lipinski definition) is 2. The molecule has 0 unspecified atom stereocenters. The van der Waals surface area contributed by atoms with Crippen LogP contribution in [0.15, 0.2) is 0 Å². The Labute approximate surface area is 68.6 Å². The predicted molar refractivity (Wildman–Crippen MR) is 45.5 cm³/mol. The average molecular weight is 155 g/mol. The molecule has 0 amide bonds. The summed E-state index contributed by atoms with van der Waals surface area (Å²) in [6.45, 7) is 7.53. The van der Waals surface area contributed by atoms with Gasteiger partial charge in [-0.05, 0) is 32.5 Å². The lowest BCUT2D eigenvalue weighted by molar-refractivity contribution is -0.117. The summed E-state index contributed by atoms with van der Waals surface area (Å²) in [6, 6.07) is 0. The van der Waals surface area contributed by atoms with Crippen LogP contribution >= 0.6 is 0 Å². The summed E-state index contributed by atoms with van der Waals surface area (Å²) in [7, 11) is 0. The van der Waals surface area contributed by atoms with Gasteiger partial charge in [-0.1, -0.05) is 13.8 Å². The fourth-order valence-electron chi connectivity index (χ4n) is 1.50. The number of aldehydes is 1. The molecule has 1 fully saturated rings. The van der Waals surface area contributed by atoms with E-state index in [2.05, 4.69) is 18.7 Å². The first-order valence-corrected chi connectivity index (χ1v) is 4.39. The molecule has 0 N–H and O–H groups in total. The fraction of sp³-hybridized carbons (Fsp3) is 0.889. The molecule has 0 aromatic rings. The Morgan fingerprint density at radius 2 is 2.00 bits per heavy atom. The molecule has 11 heavy (non-hydrogen) atoms. The third-order valence-corrected chi connectivity index (χ3v) is 2.73. The lowest BCUT2D eigenvalue weighted by Crippen LogP contribution is -2.39. The van der Waals surface area contributed by atoms with Crippen LogP contribution in [0.4, 0.5) is 0 Å². The van der Waals surface area contributed by atoms with E-state index in [-0.39, 0.29) is 5.41 Å². The quantitative estimate of drug-likeness (QED) is 0.560. The summed E-state index contributed by atoms with van der Waals surface area (Å²) >= 11 is 0. The molecule has 0 radical (unpaired) electrons. The van der Waals surface area contributed by atoms with Gasteiger partial charge in [-0.2, -0.15) is 0 Å². The summed E-state index contributed by atoms with van der Waals surface area (Å²) in [5.74, 6) is 0. The van der Waals surface area contributed by atoms with Gasteiger partial charge in [0.15, 0.2) is 0 Å². The standard InChI is InChI=1S/C9H17NO/c1-3-10-6-4-9(2,8-11)5-7-10/h8H,3-7H2,1-2H3. The molecule has 1 saturated heterocycles. The second-order valence-corrected chi connectivity index (χ2v) is 3.71. The van der Waals surface area contributed by atoms with Crippen LogP contribution in [-0.4, -0.2) is 30.8 Å². The van der Waals surface area contributed by atoms with Gasteiger partial charge >= 0.3 is 0 Å². The van der Waals surface area contributed by atoms with E-state index in [1.807, 2.05) is 0 Å². The molecule has 1 heterocycles. The highest BCUT2D eigenvalue weighted by Crippen LogP contribution is 2.27. The minimum absolute atomic E-state index is 0.0222. The highest BCUT2D eigenvalue weighted by Gasteiger charge is 2.28. The lowest BCUT2D eigenvalue weighted by atomic mass is 9.82. The molecule has 0 saturated carbocycles. The largest absolute Gasteiger partial charge is 0.304 e. The number of piperidine rings is 1. The predicted octanol–water partition coefficient (Wildman–Crippen LogP) is 1.31. The van der Waals surface area contributed by atoms with E-state index in [1.165, 1.54) is 0 Å². The molecule has 0 spiro atoms. The molecule has 0 atom stereocenters. The number of likely N-dealkylation sites (tertiary alicyclic amines) is 1. The van der Waals surface area contributed by atoms with Crippen LogP contribution in [0, 0.1) is 5.41 Å². The van der Waals surface area contributed by atoms with E-state index < -0.39 is 0 Å². The number of nitrogens with zero attached hydrogens (tertiary/aromatic N) is 1. The molecule has 2 heteroatoms. The molecule has 0 bridgehead atoms. The van der Waals surface area contributed by atoms with Gasteiger partial charge in [-0.3, -0.25) is 0 Å². The van der Waals surface area contributed by atoms with Crippen molar-refractivity contribution in [3.8, 4) is 0 Å². The van der Waals surface area contributed by atoms with Crippen molar-refractivity contribution >= 4 is 6.29 Å². The third kappa shape index (κ3) is 2.03. The first-order chi connectivity index (χ1) is 5.20. The van der Waals surface area contributed by atoms with Gasteiger partial charge in [-0.15, -0.1) is 0 Å². The van der Waals surface area contributed by atoms with Crippen molar-refractivity contribution in [2.75, 3.05) is 19.6 Å². The van der Waals surface area contributed by atoms with E-state index >= 15 is 0 Å². The second kappa shape index (κ2) is 3.35. The topological polar surface area (TPSA) is 20.3 Å². The Kier molecular flexibility index (Phi) is 2.66. The monoisotopic (exact) mass is 155 g/mol. The Morgan fingerprint density at radius 3 is 2.36 bits per heavy atom. The van der Waals surface area contributed by atoms with E-state index in [0.29, 0.717) is 0 Å². The van der Waals surface area contributed by atoms with Crippen molar-refractivity contribution in [2.24, 2.45) is 5.41 Å². The van der Waals surface area contributed by atoms with Crippen LogP contribution in [0.5, 0.6) is 0 Å². The minimum Gasteiger partial charge on any atom is -0.304 e. The normalized spacial score (nSPS) is 24.9. The molecule has 1 rings (SSSR count). The fourth-order valence-corrected chi connectivity index (χ4v) is 1.50. The Morgan fingerprint density at radius 1 is 1.45 bits per heavy atom. The van der Waals surface area contributed by atoms with Crippen molar-refractivity contribution in [3.63, 3.8) is 0 Å². The van der Waals surface area contributed by atoms with Crippen LogP contribution in [0.2, 0.25) is 0 Å². The zero-order valence-electron chi connectivity index (χ0n) is 7.47. The molecule has 1 aliphatic rings. The van der Waals surface area contributed by atoms with Crippen molar-refractivity contribution in [2.45, 2.75) is 26.7 Å². The summed E-state index contributed by atoms with van der Waals surface area (Å²) in [6.07, 6.45) is 3.19. The van der Waals surface area contributed by atoms with Crippen molar-refractivity contribution in [1.29, 1.82) is 0 Å². The highest BCUT2D eigenvalue weighted by atomic mass is 16.1. The molecule has 64 valence electrons. The van der Waals surface area contributed by atoms with Gasteiger partial charge in [0, 0.05) is 5.41 Å². The Hall–Kier alpha value is -0.370. The maximum atomic E-state index is 10.7. The molecule has 0 aromatic carbocycles. The van der Waals surface area contributed by atoms with Crippen molar-refractivity contribution in [3.05, 3.63) is 0 Å². The zero-order chi connectivity index (χ0) is 8.32. The van der Waals surface area contributed by atoms with E-state index in [0.717, 1.165) is 38.8 Å². The van der Waals surface area contributed by atoms with Crippen LogP contribution in [0.1, 0.15) is 26.7 Å². The maximum absolute atomic E-state index is 10.7. The Bertz CT molecular complexity index is 136. The summed E-state index contributed by atoms with van der Waals surface area (Å²) < 4.78 is 0. The van der Waals surface area contributed by atoms with Gasteiger partial charge < -0.3 is 9.69 Å². The van der Waals surface area contributed by atoms with E-state index in [9.17, 15) is 4.79 Å². The molecule has 0 aromatic heterocycles. The van der Waals surface area contributed by atoms with Gasteiger partial charge in [0.2, 0.25) is 0 Å². The molecular weight excluding hydrogens is 138 g/mol. The third-order valence-electron chi connectivity index (χ3n) is 2.73. The first-order valence-electron chi connectivity index (χ1n) is 4.39. The Balaban J connectivity index is 2.41. The van der Waals surface area contributed by atoms with Crippen molar-refractivity contribution in [1.82, 2.24) is 4.90 Å². The van der Waals surface area contributed by atoms with Gasteiger partial charge in [0.1, 0.15) is 6.29 Å². The summed E-state index contributed by atoms with van der Waals surface area (Å²) in [5, 5.41) is 0. The number of carbonyl (C=O) groups excluding carboxylic acids is 1. The number of hydrogen-bond donors (Lipinski definition) is 0. The van der Waals surface area contributed by atoms with Crippen LogP contribution in [0.25, 0.3) is 0 Å². The summed E-state index contributed by atoms with van der Waals surface area (Å²) in [4.78, 5) is 13.1. The lowest BCUT2D eigenvalue weighted by Gasteiger charge is -2.34. The molecule has 2 nitrogen and oxygen atoms in total. The second-order valence-electron chi connectivity index (χ2n) is 3.71. The van der Waals surface area contributed by atoms with Gasteiger partial charge in [0.25, 0.3) is 0 Å². The highest BCUT2D eigenvalue weighted by molar-refractivity contribution is 5.58. The average Bonchev–Trinajstić information content (AvgIpc) is 2.06. The summed E-state index contributed by atoms with van der Waals surface area (Å²) in [5.41, 5.74) is -0.0222. The maximum Gasteiger partial charge on any atom is 0.125 e. The van der Waals surface area contributed by atoms with Crippen LogP contribution < -0.4 is 0 Å². The zero-order valence-corrected chi connectivity index (χ0v) is 7.47. The van der Waals surface area contributed by atoms with Crippen LogP contribution in [0.3, 0.4) is 0 Å². The molecule has 1 aliphatic heterocycles. The first kappa shape index (κ1) is 8.72. The number of rotatable bonds is 2. The van der Waals surface area contributed by atoms with Crippen LogP contribution in [-0.2, 0) is 4.79 Å². The van der Waals surface area contributed by atoms with E-state index in [4.69, 9.17) is 0 Å². The molecular formula is C9H17NO. The van der Waals surface area contributed by atoms with Crippen molar-refractivity contribution < 1.29 is 4.79 Å². The number of carbonyl (C=O) groups is 1. The van der Waals surface area contributed by atoms with Gasteiger partial charge in [0.05, 0.1) is 0 Å². The SMILES string of the molecule is CCN1CCC(C)(C=O)CC1. The van der Waals surface area contributed by atoms with E-state index in [1.54, 1.807) is 0 Å². The van der Waals surface area contributed by atoms with Gasteiger partial charge in [-0.25, -0.2) is 0 Å². The molecule has 0 aliphatic carbocycles. The smallest absolute Gasteiger partial charge is 0.125 e. The minimum atomic E-state index is -0.0222.